The number of nitroso groups, excluding NO2 is 1. The molecule has 0 atom stereocenters. The summed E-state index contributed by atoms with van der Waals surface area (Å²) in [6.07, 6.45) is 0. The van der Waals surface area contributed by atoms with Gasteiger partial charge in [0.25, 0.3) is 0 Å². The van der Waals surface area contributed by atoms with Crippen molar-refractivity contribution >= 4 is 28.3 Å². The largest absolute Gasteiger partial charge is 0.207 e. The van der Waals surface area contributed by atoms with Crippen LogP contribution in [0.5, 0.6) is 0 Å². The highest BCUT2D eigenvalue weighted by molar-refractivity contribution is 14.1. The van der Waals surface area contributed by atoms with E-state index >= 15 is 0 Å². The molecule has 0 aromatic heterocycles. The van der Waals surface area contributed by atoms with Gasteiger partial charge in [0.1, 0.15) is 11.5 Å². The lowest BCUT2D eigenvalue weighted by atomic mass is 10.3. The molecule has 0 aliphatic heterocycles. The van der Waals surface area contributed by atoms with Gasteiger partial charge in [-0.2, -0.15) is 0 Å². The van der Waals surface area contributed by atoms with Crippen LogP contribution in [0.3, 0.4) is 0 Å². The van der Waals surface area contributed by atoms with Crippen LogP contribution in [0.1, 0.15) is 0 Å². The van der Waals surface area contributed by atoms with Crippen molar-refractivity contribution in [2.45, 2.75) is 0 Å². The highest BCUT2D eigenvalue weighted by Crippen LogP contribution is 2.20. The highest BCUT2D eigenvalue weighted by Gasteiger charge is 1.99. The molecule has 1 rings (SSSR count). The highest BCUT2D eigenvalue weighted by atomic mass is 127. The second-order valence-electron chi connectivity index (χ2n) is 1.69. The average Bonchev–Trinajstić information content (AvgIpc) is 1.88. The lowest BCUT2D eigenvalue weighted by Crippen LogP contribution is -1.75. The second kappa shape index (κ2) is 3.05. The van der Waals surface area contributed by atoms with Crippen LogP contribution in [-0.4, -0.2) is 0 Å². The normalized spacial score (nSPS) is 9.40. The van der Waals surface area contributed by atoms with E-state index in [2.05, 4.69) is 5.18 Å². The Bertz CT molecular complexity index is 264. The minimum absolute atomic E-state index is 0.280. The van der Waals surface area contributed by atoms with E-state index in [1.807, 2.05) is 22.6 Å². The molecule has 10 heavy (non-hydrogen) atoms. The molecule has 0 heterocycles. The monoisotopic (exact) mass is 251 g/mol. The third-order valence-corrected chi connectivity index (χ3v) is 1.87. The maximum atomic E-state index is 12.3. The van der Waals surface area contributed by atoms with Gasteiger partial charge in [-0.15, -0.1) is 4.91 Å². The van der Waals surface area contributed by atoms with Crippen LogP contribution in [0.25, 0.3) is 0 Å². The maximum Gasteiger partial charge on any atom is 0.124 e. The average molecular weight is 251 g/mol. The van der Waals surface area contributed by atoms with Crippen molar-refractivity contribution in [3.05, 3.63) is 32.5 Å². The molecule has 0 bridgehead atoms. The molecule has 0 fully saturated rings. The Labute approximate surface area is 70.6 Å². The molecule has 0 N–H and O–H groups in total. The molecule has 0 unspecified atom stereocenters. The molecule has 0 aliphatic rings. The van der Waals surface area contributed by atoms with Crippen molar-refractivity contribution in [1.82, 2.24) is 0 Å². The van der Waals surface area contributed by atoms with Gasteiger partial charge < -0.3 is 0 Å². The zero-order valence-corrected chi connectivity index (χ0v) is 7.00. The molecule has 0 aliphatic carbocycles. The van der Waals surface area contributed by atoms with Gasteiger partial charge in [-0.1, -0.05) is 0 Å². The van der Waals surface area contributed by atoms with E-state index in [0.717, 1.165) is 0 Å². The van der Waals surface area contributed by atoms with Gasteiger partial charge in [0.2, 0.25) is 0 Å². The topological polar surface area (TPSA) is 29.4 Å². The fourth-order valence-electron chi connectivity index (χ4n) is 0.555. The first kappa shape index (κ1) is 7.59. The number of rotatable bonds is 1. The smallest absolute Gasteiger partial charge is 0.124 e. The first-order valence-electron chi connectivity index (χ1n) is 2.52. The van der Waals surface area contributed by atoms with Crippen LogP contribution in [-0.2, 0) is 0 Å². The van der Waals surface area contributed by atoms with Gasteiger partial charge in [-0.25, -0.2) is 4.39 Å². The van der Waals surface area contributed by atoms with Crippen molar-refractivity contribution in [2.24, 2.45) is 5.18 Å². The van der Waals surface area contributed by atoms with Gasteiger partial charge in [0.15, 0.2) is 0 Å². The van der Waals surface area contributed by atoms with Crippen LogP contribution in [0.4, 0.5) is 10.1 Å². The van der Waals surface area contributed by atoms with Gasteiger partial charge in [0.05, 0.1) is 0 Å². The second-order valence-corrected chi connectivity index (χ2v) is 2.85. The molecular weight excluding hydrogens is 248 g/mol. The number of hydrogen-bond donors (Lipinski definition) is 0. The van der Waals surface area contributed by atoms with E-state index in [-0.39, 0.29) is 11.5 Å². The van der Waals surface area contributed by atoms with Crippen molar-refractivity contribution in [2.75, 3.05) is 0 Å². The van der Waals surface area contributed by atoms with Crippen molar-refractivity contribution in [3.8, 4) is 0 Å². The molecule has 0 saturated heterocycles. The predicted octanol–water partition coefficient (Wildman–Crippen LogP) is 2.83. The molecule has 4 heteroatoms. The third-order valence-electron chi connectivity index (χ3n) is 1.01. The lowest BCUT2D eigenvalue weighted by molar-refractivity contribution is 0.627. The van der Waals surface area contributed by atoms with E-state index in [0.29, 0.717) is 3.57 Å². The molecular formula is C6H3FINO. The lowest BCUT2D eigenvalue weighted by Gasteiger charge is -1.92. The Morgan fingerprint density at radius 3 is 2.70 bits per heavy atom. The summed E-state index contributed by atoms with van der Waals surface area (Å²) in [6, 6.07) is 3.82. The fourth-order valence-corrected chi connectivity index (χ4v) is 1.13. The molecule has 0 spiro atoms. The van der Waals surface area contributed by atoms with E-state index in [9.17, 15) is 9.30 Å². The number of nitrogens with zero attached hydrogens (tertiary/aromatic N) is 1. The van der Waals surface area contributed by atoms with Crippen molar-refractivity contribution in [3.63, 3.8) is 0 Å². The first-order valence-corrected chi connectivity index (χ1v) is 3.60. The van der Waals surface area contributed by atoms with Gasteiger partial charge in [0, 0.05) is 3.57 Å². The standard InChI is InChI=1S/C6H3FINO/c7-4-1-2-6(9-10)5(8)3-4/h1-3H. The first-order chi connectivity index (χ1) is 4.74. The number of hydrogen-bond acceptors (Lipinski definition) is 2. The SMILES string of the molecule is O=Nc1ccc(F)cc1I. The van der Waals surface area contributed by atoms with Crippen LogP contribution in [0.2, 0.25) is 0 Å². The minimum atomic E-state index is -0.350. The van der Waals surface area contributed by atoms with E-state index in [4.69, 9.17) is 0 Å². The van der Waals surface area contributed by atoms with E-state index in [1.165, 1.54) is 18.2 Å². The molecule has 0 saturated carbocycles. The summed E-state index contributed by atoms with van der Waals surface area (Å²) >= 11 is 1.85. The van der Waals surface area contributed by atoms with Crippen LogP contribution >= 0.6 is 22.6 Å². The zero-order valence-electron chi connectivity index (χ0n) is 4.84. The molecule has 1 aromatic carbocycles. The Kier molecular flexibility index (Phi) is 2.31. The summed E-state index contributed by atoms with van der Waals surface area (Å²) in [5.74, 6) is -0.350. The predicted molar refractivity (Wildman–Crippen MR) is 44.6 cm³/mol. The third kappa shape index (κ3) is 1.50. The molecule has 1 aromatic rings. The summed E-state index contributed by atoms with van der Waals surface area (Å²) < 4.78 is 12.9. The molecule has 52 valence electrons. The quantitative estimate of drug-likeness (QED) is 0.557. The molecule has 0 radical (unpaired) electrons. The summed E-state index contributed by atoms with van der Waals surface area (Å²) in [5, 5.41) is 2.69. The van der Waals surface area contributed by atoms with Crippen LogP contribution < -0.4 is 0 Å². The maximum absolute atomic E-state index is 12.3. The zero-order chi connectivity index (χ0) is 7.56. The summed E-state index contributed by atoms with van der Waals surface area (Å²) in [6.45, 7) is 0. The van der Waals surface area contributed by atoms with Crippen LogP contribution in [0.15, 0.2) is 23.4 Å². The Hall–Kier alpha value is -0.520. The summed E-state index contributed by atoms with van der Waals surface area (Å²) in [7, 11) is 0. The van der Waals surface area contributed by atoms with E-state index < -0.39 is 0 Å². The number of benzene rings is 1. The Balaban J connectivity index is 3.19. The minimum Gasteiger partial charge on any atom is -0.207 e. The summed E-state index contributed by atoms with van der Waals surface area (Å²) in [4.78, 5) is 9.96. The van der Waals surface area contributed by atoms with Crippen molar-refractivity contribution in [1.29, 1.82) is 0 Å². The van der Waals surface area contributed by atoms with Gasteiger partial charge in [-0.3, -0.25) is 0 Å². The fraction of sp³-hybridized carbons (Fsp3) is 0. The van der Waals surface area contributed by atoms with Gasteiger partial charge in [-0.05, 0) is 46.0 Å². The number of halogens is 2. The van der Waals surface area contributed by atoms with Gasteiger partial charge >= 0.3 is 0 Å². The summed E-state index contributed by atoms with van der Waals surface area (Å²) in [5.41, 5.74) is 0.280. The molecule has 0 amide bonds. The van der Waals surface area contributed by atoms with Crippen molar-refractivity contribution < 1.29 is 4.39 Å². The Morgan fingerprint density at radius 1 is 1.50 bits per heavy atom. The van der Waals surface area contributed by atoms with Crippen LogP contribution in [0, 0.1) is 14.3 Å². The van der Waals surface area contributed by atoms with E-state index in [1.54, 1.807) is 0 Å². The Morgan fingerprint density at radius 2 is 2.20 bits per heavy atom. The molecule has 2 nitrogen and oxygen atoms in total.